The van der Waals surface area contributed by atoms with Crippen LogP contribution in [0.2, 0.25) is 0 Å². The van der Waals surface area contributed by atoms with Crippen molar-refractivity contribution in [2.75, 3.05) is 0 Å². The normalized spacial score (nSPS) is 20.8. The highest BCUT2D eigenvalue weighted by Gasteiger charge is 2.13. The average Bonchev–Trinajstić information content (AvgIpc) is 2.55. The summed E-state index contributed by atoms with van der Waals surface area (Å²) in [5.41, 5.74) is 1.88. The lowest BCUT2D eigenvalue weighted by Crippen LogP contribution is -2.99. The molecular weight excluding hydrogens is 230 g/mol. The third-order valence-corrected chi connectivity index (χ3v) is 3.18. The van der Waals surface area contributed by atoms with Crippen LogP contribution in [-0.2, 0) is 4.79 Å². The second kappa shape index (κ2) is 5.91. The predicted octanol–water partition coefficient (Wildman–Crippen LogP) is 2.01. The molecule has 0 heterocycles. The molecule has 18 heavy (non-hydrogen) atoms. The summed E-state index contributed by atoms with van der Waals surface area (Å²) in [7, 11) is 0. The molecular formula is C14H17NO3. The van der Waals surface area contributed by atoms with Crippen LogP contribution in [0.5, 0.6) is 0 Å². The van der Waals surface area contributed by atoms with E-state index in [-0.39, 0.29) is 11.5 Å². The Morgan fingerprint density at radius 3 is 2.78 bits per heavy atom. The van der Waals surface area contributed by atoms with Gasteiger partial charge in [-0.1, -0.05) is 18.6 Å². The molecule has 1 saturated carbocycles. The lowest BCUT2D eigenvalue weighted by atomic mass is 10.0. The third kappa shape index (κ3) is 3.26. The molecule has 4 nitrogen and oxygen atoms in total. The van der Waals surface area contributed by atoms with Crippen molar-refractivity contribution in [1.82, 2.24) is 0 Å². The molecule has 0 saturated heterocycles. The summed E-state index contributed by atoms with van der Waals surface area (Å²) in [6, 6.07) is 6.70. The summed E-state index contributed by atoms with van der Waals surface area (Å²) < 4.78 is 0. The van der Waals surface area contributed by atoms with Gasteiger partial charge >= 0.3 is 0 Å². The number of rotatable bonds is 2. The molecule has 0 spiro atoms. The van der Waals surface area contributed by atoms with Crippen molar-refractivity contribution in [2.24, 2.45) is 0 Å². The first kappa shape index (κ1) is 13.0. The molecule has 0 aliphatic heterocycles. The summed E-state index contributed by atoms with van der Waals surface area (Å²) in [6.07, 6.45) is 6.35. The highest BCUT2D eigenvalue weighted by Crippen LogP contribution is 2.22. The van der Waals surface area contributed by atoms with Crippen molar-refractivity contribution in [3.05, 3.63) is 40.6 Å². The molecule has 2 rings (SSSR count). The van der Waals surface area contributed by atoms with Gasteiger partial charge in [-0.05, 0) is 36.5 Å². The maximum absolute atomic E-state index is 11.9. The van der Waals surface area contributed by atoms with Crippen molar-refractivity contribution >= 4 is 17.5 Å². The van der Waals surface area contributed by atoms with E-state index < -0.39 is 5.23 Å². The van der Waals surface area contributed by atoms with Gasteiger partial charge in [0, 0.05) is 18.6 Å². The number of carbonyl (C=O) groups excluding carboxylic acids is 1. The highest BCUT2D eigenvalue weighted by atomic mass is 16.8. The summed E-state index contributed by atoms with van der Waals surface area (Å²) in [4.78, 5) is 11.9. The fourth-order valence-corrected chi connectivity index (χ4v) is 2.19. The molecule has 1 atom stereocenters. The quantitative estimate of drug-likeness (QED) is 0.477. The van der Waals surface area contributed by atoms with E-state index in [1.807, 2.05) is 12.1 Å². The number of hydrogen-bond acceptors (Lipinski definition) is 3. The Morgan fingerprint density at radius 2 is 2.00 bits per heavy atom. The Morgan fingerprint density at radius 1 is 1.22 bits per heavy atom. The minimum atomic E-state index is -0.942. The van der Waals surface area contributed by atoms with Crippen molar-refractivity contribution in [3.8, 4) is 0 Å². The van der Waals surface area contributed by atoms with E-state index in [9.17, 15) is 10.0 Å². The van der Waals surface area contributed by atoms with Gasteiger partial charge in [-0.25, -0.2) is 5.21 Å². The fourth-order valence-electron chi connectivity index (χ4n) is 2.19. The van der Waals surface area contributed by atoms with E-state index >= 15 is 0 Å². The Bertz CT molecular complexity index is 466. The van der Waals surface area contributed by atoms with Crippen molar-refractivity contribution in [2.45, 2.75) is 32.1 Å². The van der Waals surface area contributed by atoms with Crippen molar-refractivity contribution < 1.29 is 15.2 Å². The van der Waals surface area contributed by atoms with Gasteiger partial charge in [0.25, 0.3) is 0 Å². The zero-order chi connectivity index (χ0) is 13.0. The van der Waals surface area contributed by atoms with E-state index in [1.165, 1.54) is 0 Å². The van der Waals surface area contributed by atoms with Gasteiger partial charge in [0.05, 0.1) is 0 Å². The molecule has 0 aromatic heterocycles. The number of carbonyl (C=O) groups is 1. The molecule has 0 radical (unpaired) electrons. The number of Topliss-reactive ketones (excluding diaryl/α,β-unsaturated/α-hetero) is 1. The van der Waals surface area contributed by atoms with E-state index in [1.54, 1.807) is 18.2 Å². The number of hydrogen-bond donors (Lipinski definition) is 2. The number of ketones is 1. The lowest BCUT2D eigenvalue weighted by molar-refractivity contribution is -0.991. The van der Waals surface area contributed by atoms with Gasteiger partial charge < -0.3 is 5.21 Å². The number of quaternary nitrogens is 1. The van der Waals surface area contributed by atoms with Crippen LogP contribution in [0.1, 0.15) is 37.7 Å². The highest BCUT2D eigenvalue weighted by molar-refractivity contribution is 5.99. The molecule has 4 heteroatoms. The monoisotopic (exact) mass is 247 g/mol. The Labute approximate surface area is 106 Å². The molecule has 1 aliphatic carbocycles. The second-order valence-electron chi connectivity index (χ2n) is 4.58. The van der Waals surface area contributed by atoms with Crippen LogP contribution in [0.25, 0.3) is 6.08 Å². The molecule has 0 amide bonds. The Kier molecular flexibility index (Phi) is 4.25. The molecule has 1 aromatic carbocycles. The maximum Gasteiger partial charge on any atom is 0.164 e. The molecule has 1 aromatic rings. The minimum Gasteiger partial charge on any atom is -0.595 e. The Balaban J connectivity index is 2.25. The first-order valence-corrected chi connectivity index (χ1v) is 6.24. The fraction of sp³-hybridized carbons (Fsp3) is 0.357. The first-order valence-electron chi connectivity index (χ1n) is 6.24. The van der Waals surface area contributed by atoms with Crippen LogP contribution >= 0.6 is 0 Å². The zero-order valence-electron chi connectivity index (χ0n) is 10.2. The third-order valence-electron chi connectivity index (χ3n) is 3.18. The summed E-state index contributed by atoms with van der Waals surface area (Å²) in [5, 5.41) is 18.9. The largest absolute Gasteiger partial charge is 0.595 e. The van der Waals surface area contributed by atoms with E-state index in [0.717, 1.165) is 36.8 Å². The molecule has 1 fully saturated rings. The number of benzene rings is 1. The van der Waals surface area contributed by atoms with Crippen LogP contribution in [0.4, 0.5) is 5.69 Å². The molecule has 2 N–H and O–H groups in total. The van der Waals surface area contributed by atoms with Crippen LogP contribution in [0, 0.1) is 5.21 Å². The van der Waals surface area contributed by atoms with Crippen LogP contribution in [-0.4, -0.2) is 11.0 Å². The van der Waals surface area contributed by atoms with Gasteiger partial charge in [0.15, 0.2) is 11.5 Å². The summed E-state index contributed by atoms with van der Waals surface area (Å²) in [6.45, 7) is 0. The van der Waals surface area contributed by atoms with Gasteiger partial charge in [0.2, 0.25) is 0 Å². The SMILES string of the molecule is O=C1CCCCC/C1=C\c1cccc([NH+]([O-])O)c1. The van der Waals surface area contributed by atoms with Crippen LogP contribution in [0.3, 0.4) is 0 Å². The van der Waals surface area contributed by atoms with Gasteiger partial charge in [-0.2, -0.15) is 5.23 Å². The molecule has 96 valence electrons. The lowest BCUT2D eigenvalue weighted by Gasteiger charge is -2.11. The van der Waals surface area contributed by atoms with Crippen molar-refractivity contribution in [1.29, 1.82) is 0 Å². The van der Waals surface area contributed by atoms with E-state index in [0.29, 0.717) is 6.42 Å². The van der Waals surface area contributed by atoms with E-state index in [2.05, 4.69) is 0 Å². The predicted molar refractivity (Wildman–Crippen MR) is 68.3 cm³/mol. The smallest absolute Gasteiger partial charge is 0.164 e. The number of allylic oxidation sites excluding steroid dienone is 1. The Hall–Kier alpha value is -1.49. The standard InChI is InChI=1S/C14H17NO3/c16-14-8-3-1-2-6-12(14)9-11-5-4-7-13(10-11)15(17)18/h4-5,7,9-10,15,17H,1-3,6,8H2/b12-9+. The van der Waals surface area contributed by atoms with Gasteiger partial charge in [-0.15, -0.1) is 0 Å². The van der Waals surface area contributed by atoms with Gasteiger partial charge in [0.1, 0.15) is 0 Å². The zero-order valence-corrected chi connectivity index (χ0v) is 10.2. The van der Waals surface area contributed by atoms with Gasteiger partial charge in [-0.3, -0.25) is 4.79 Å². The molecule has 1 unspecified atom stereocenters. The number of nitrogens with one attached hydrogen (secondary N) is 1. The summed E-state index contributed by atoms with van der Waals surface area (Å²) in [5.74, 6) is 0.202. The topological polar surface area (TPSA) is 64.8 Å². The molecule has 0 bridgehead atoms. The molecule has 1 aliphatic rings. The van der Waals surface area contributed by atoms with Crippen LogP contribution < -0.4 is 5.23 Å². The minimum absolute atomic E-state index is 0.202. The second-order valence-corrected chi connectivity index (χ2v) is 4.58. The van der Waals surface area contributed by atoms with Crippen molar-refractivity contribution in [3.63, 3.8) is 0 Å². The summed E-state index contributed by atoms with van der Waals surface area (Å²) >= 11 is 0. The maximum atomic E-state index is 11.9. The van der Waals surface area contributed by atoms with E-state index in [4.69, 9.17) is 5.21 Å². The van der Waals surface area contributed by atoms with Crippen LogP contribution in [0.15, 0.2) is 29.8 Å². The first-order chi connectivity index (χ1) is 8.66. The average molecular weight is 247 g/mol.